The van der Waals surface area contributed by atoms with Crippen molar-refractivity contribution in [3.05, 3.63) is 59.9 Å². The largest absolute Gasteiger partial charge is 0.419 e. The minimum absolute atomic E-state index is 0.134. The molecular formula is C19H19N7O4S. The van der Waals surface area contributed by atoms with E-state index in [1.54, 1.807) is 30.3 Å². The molecule has 0 atom stereocenters. The van der Waals surface area contributed by atoms with Crippen LogP contribution in [-0.2, 0) is 17.1 Å². The van der Waals surface area contributed by atoms with Gasteiger partial charge in [0, 0.05) is 51.7 Å². The van der Waals surface area contributed by atoms with Gasteiger partial charge in [-0.05, 0) is 18.2 Å². The van der Waals surface area contributed by atoms with Crippen LogP contribution in [0.4, 0.5) is 5.82 Å². The molecule has 0 amide bonds. The first-order chi connectivity index (χ1) is 14.9. The van der Waals surface area contributed by atoms with E-state index in [0.29, 0.717) is 43.1 Å². The van der Waals surface area contributed by atoms with Crippen LogP contribution in [0.3, 0.4) is 0 Å². The van der Waals surface area contributed by atoms with E-state index in [4.69, 9.17) is 4.42 Å². The molecule has 0 saturated carbocycles. The monoisotopic (exact) mass is 441 g/mol. The van der Waals surface area contributed by atoms with Crippen LogP contribution < -0.4 is 10.7 Å². The Morgan fingerprint density at radius 1 is 1.03 bits per heavy atom. The maximum Gasteiger partial charge on any atom is 0.419 e. The van der Waals surface area contributed by atoms with Crippen LogP contribution in [0.1, 0.15) is 0 Å². The van der Waals surface area contributed by atoms with Gasteiger partial charge in [-0.15, -0.1) is 0 Å². The summed E-state index contributed by atoms with van der Waals surface area (Å²) in [5.41, 5.74) is 0.798. The van der Waals surface area contributed by atoms with Gasteiger partial charge in [-0.3, -0.25) is 9.13 Å². The van der Waals surface area contributed by atoms with Gasteiger partial charge in [0.25, 0.3) is 0 Å². The van der Waals surface area contributed by atoms with Crippen LogP contribution in [0.25, 0.3) is 16.9 Å². The molecule has 0 unspecified atom stereocenters. The lowest BCUT2D eigenvalue weighted by atomic mass is 10.3. The fourth-order valence-electron chi connectivity index (χ4n) is 3.62. The average molecular weight is 441 g/mol. The molecule has 0 spiro atoms. The highest BCUT2D eigenvalue weighted by atomic mass is 32.2. The first-order valence-corrected chi connectivity index (χ1v) is 11.0. The molecule has 1 saturated heterocycles. The number of oxazole rings is 1. The number of sulfonamides is 1. The van der Waals surface area contributed by atoms with E-state index >= 15 is 0 Å². The number of anilines is 1. The number of piperazine rings is 1. The van der Waals surface area contributed by atoms with E-state index in [0.717, 1.165) is 5.82 Å². The Kier molecular flexibility index (Phi) is 4.59. The van der Waals surface area contributed by atoms with Crippen LogP contribution in [0, 0.1) is 0 Å². The van der Waals surface area contributed by atoms with E-state index < -0.39 is 15.8 Å². The van der Waals surface area contributed by atoms with E-state index in [1.807, 2.05) is 11.0 Å². The molecule has 0 N–H and O–H groups in total. The average Bonchev–Trinajstić information content (AvgIpc) is 3.43. The number of nitrogens with zero attached hydrogens (tertiary/aromatic N) is 7. The molecule has 0 aliphatic carbocycles. The molecule has 1 aromatic carbocycles. The van der Waals surface area contributed by atoms with Crippen molar-refractivity contribution in [3.63, 3.8) is 0 Å². The van der Waals surface area contributed by atoms with E-state index in [-0.39, 0.29) is 4.90 Å². The maximum atomic E-state index is 13.2. The number of hydrogen-bond donors (Lipinski definition) is 0. The summed E-state index contributed by atoms with van der Waals surface area (Å²) in [6.07, 6.45) is 6.61. The van der Waals surface area contributed by atoms with Crippen LogP contribution >= 0.6 is 0 Å². The van der Waals surface area contributed by atoms with Crippen molar-refractivity contribution < 1.29 is 12.8 Å². The molecule has 160 valence electrons. The first-order valence-electron chi connectivity index (χ1n) is 9.58. The minimum Gasteiger partial charge on any atom is -0.408 e. The number of hydrogen-bond acceptors (Lipinski definition) is 8. The van der Waals surface area contributed by atoms with Gasteiger partial charge < -0.3 is 9.32 Å². The summed E-state index contributed by atoms with van der Waals surface area (Å²) in [6, 6.07) is 6.30. The number of rotatable bonds is 4. The second-order valence-corrected chi connectivity index (χ2v) is 9.09. The number of aromatic nitrogens is 5. The van der Waals surface area contributed by atoms with E-state index in [9.17, 15) is 13.2 Å². The summed E-state index contributed by atoms with van der Waals surface area (Å²) in [5, 5.41) is 0. The molecule has 0 bridgehead atoms. The summed E-state index contributed by atoms with van der Waals surface area (Å²) in [5.74, 6) is 0.889. The third kappa shape index (κ3) is 3.39. The van der Waals surface area contributed by atoms with Crippen molar-refractivity contribution in [1.29, 1.82) is 0 Å². The van der Waals surface area contributed by atoms with E-state index in [2.05, 4.69) is 15.0 Å². The molecule has 11 nitrogen and oxygen atoms in total. The van der Waals surface area contributed by atoms with Gasteiger partial charge in [-0.1, -0.05) is 0 Å². The zero-order valence-electron chi connectivity index (χ0n) is 16.6. The Bertz CT molecular complexity index is 1400. The first kappa shape index (κ1) is 19.5. The lowest BCUT2D eigenvalue weighted by molar-refractivity contribution is 0.384. The Hall–Kier alpha value is -3.51. The highest BCUT2D eigenvalue weighted by Crippen LogP contribution is 2.23. The summed E-state index contributed by atoms with van der Waals surface area (Å²) in [4.78, 5) is 26.5. The molecule has 1 fully saturated rings. The van der Waals surface area contributed by atoms with Crippen LogP contribution in [-0.4, -0.2) is 63.0 Å². The Labute approximate surface area is 177 Å². The lowest BCUT2D eigenvalue weighted by Crippen LogP contribution is -2.49. The van der Waals surface area contributed by atoms with Crippen molar-refractivity contribution in [3.8, 4) is 5.82 Å². The molecule has 3 aromatic heterocycles. The van der Waals surface area contributed by atoms with Gasteiger partial charge in [0.1, 0.15) is 24.3 Å². The van der Waals surface area contributed by atoms with Crippen molar-refractivity contribution in [2.24, 2.45) is 7.05 Å². The molecule has 12 heteroatoms. The smallest absolute Gasteiger partial charge is 0.408 e. The zero-order chi connectivity index (χ0) is 21.6. The fourth-order valence-corrected chi connectivity index (χ4v) is 5.06. The Morgan fingerprint density at radius 2 is 1.81 bits per heavy atom. The molecule has 31 heavy (non-hydrogen) atoms. The summed E-state index contributed by atoms with van der Waals surface area (Å²) >= 11 is 0. The summed E-state index contributed by atoms with van der Waals surface area (Å²) in [7, 11) is -2.16. The minimum atomic E-state index is -3.71. The van der Waals surface area contributed by atoms with Crippen molar-refractivity contribution in [2.45, 2.75) is 4.90 Å². The number of benzene rings is 1. The van der Waals surface area contributed by atoms with Gasteiger partial charge in [-0.25, -0.2) is 28.2 Å². The van der Waals surface area contributed by atoms with Gasteiger partial charge in [0.15, 0.2) is 5.58 Å². The predicted octanol–water partition coefficient (Wildman–Crippen LogP) is 0.618. The quantitative estimate of drug-likeness (QED) is 0.452. The standard InChI is InChI=1S/C19H19N7O4S/c1-23-15-10-14(2-3-16(15)30-19(23)27)31(28,29)26-8-6-24(7-9-26)17-11-18(22-12-21-17)25-5-4-20-13-25/h2-5,10-13H,6-9H2,1H3. The van der Waals surface area contributed by atoms with E-state index in [1.165, 1.54) is 33.4 Å². The molecule has 1 aliphatic rings. The van der Waals surface area contributed by atoms with Crippen molar-refractivity contribution in [1.82, 2.24) is 28.4 Å². The van der Waals surface area contributed by atoms with Gasteiger partial charge in [-0.2, -0.15) is 4.31 Å². The predicted molar refractivity (Wildman–Crippen MR) is 112 cm³/mol. The number of fused-ring (bicyclic) bond motifs is 1. The molecule has 4 aromatic rings. The molecule has 5 rings (SSSR count). The Balaban J connectivity index is 1.35. The Morgan fingerprint density at radius 3 is 2.55 bits per heavy atom. The highest BCUT2D eigenvalue weighted by Gasteiger charge is 2.29. The third-order valence-corrected chi connectivity index (χ3v) is 7.27. The van der Waals surface area contributed by atoms with Crippen molar-refractivity contribution in [2.75, 3.05) is 31.1 Å². The van der Waals surface area contributed by atoms with Crippen LogP contribution in [0.2, 0.25) is 0 Å². The molecule has 4 heterocycles. The summed E-state index contributed by atoms with van der Waals surface area (Å²) in [6.45, 7) is 1.61. The zero-order valence-corrected chi connectivity index (χ0v) is 17.4. The van der Waals surface area contributed by atoms with Crippen LogP contribution in [0.5, 0.6) is 0 Å². The molecular weight excluding hydrogens is 422 g/mol. The van der Waals surface area contributed by atoms with Crippen molar-refractivity contribution >= 4 is 26.9 Å². The topological polar surface area (TPSA) is 119 Å². The van der Waals surface area contributed by atoms with Crippen LogP contribution in [0.15, 0.2) is 63.4 Å². The van der Waals surface area contributed by atoms with Gasteiger partial charge in [0.2, 0.25) is 10.0 Å². The fraction of sp³-hybridized carbons (Fsp3) is 0.263. The SMILES string of the molecule is Cn1c(=O)oc2ccc(S(=O)(=O)N3CCN(c4cc(-n5ccnc5)ncn4)CC3)cc21. The second kappa shape index (κ2) is 7.32. The van der Waals surface area contributed by atoms with Gasteiger partial charge >= 0.3 is 5.76 Å². The molecule has 1 aliphatic heterocycles. The molecule has 0 radical (unpaired) electrons. The normalized spacial score (nSPS) is 15.6. The second-order valence-electron chi connectivity index (χ2n) is 7.15. The number of aryl methyl sites for hydroxylation is 1. The highest BCUT2D eigenvalue weighted by molar-refractivity contribution is 7.89. The lowest BCUT2D eigenvalue weighted by Gasteiger charge is -2.34. The third-order valence-electron chi connectivity index (χ3n) is 5.37. The maximum absolute atomic E-state index is 13.2. The van der Waals surface area contributed by atoms with Gasteiger partial charge in [0.05, 0.1) is 10.4 Å². The summed E-state index contributed by atoms with van der Waals surface area (Å²) < 4.78 is 35.9. The number of imidazole rings is 1.